The van der Waals surface area contributed by atoms with E-state index in [-0.39, 0.29) is 10.8 Å². The molecule has 1 aliphatic rings. The molecule has 1 saturated heterocycles. The molecule has 0 spiro atoms. The fourth-order valence-corrected chi connectivity index (χ4v) is 3.82. The van der Waals surface area contributed by atoms with Crippen LogP contribution in [0.2, 0.25) is 5.15 Å². The van der Waals surface area contributed by atoms with Crippen LogP contribution >= 0.6 is 11.6 Å². The molecule has 0 unspecified atom stereocenters. The van der Waals surface area contributed by atoms with Gasteiger partial charge in [-0.3, -0.25) is 15.0 Å². The number of nitrogens with one attached hydrogen (secondary N) is 1. The zero-order chi connectivity index (χ0) is 20.2. The van der Waals surface area contributed by atoms with Gasteiger partial charge in [0, 0.05) is 31.6 Å². The van der Waals surface area contributed by atoms with Gasteiger partial charge in [-0.25, -0.2) is 4.98 Å². The molecule has 1 aliphatic heterocycles. The third kappa shape index (κ3) is 4.48. The first kappa shape index (κ1) is 19.6. The molecule has 0 amide bonds. The van der Waals surface area contributed by atoms with Crippen molar-refractivity contribution in [1.82, 2.24) is 9.88 Å². The maximum Gasteiger partial charge on any atom is 0.329 e. The Hall–Kier alpha value is -2.74. The van der Waals surface area contributed by atoms with E-state index in [0.717, 1.165) is 38.4 Å². The molecule has 1 N–H and O–H groups in total. The second-order valence-electron chi connectivity index (χ2n) is 6.96. The Bertz CT molecular complexity index is 1040. The zero-order valence-electron chi connectivity index (χ0n) is 15.8. The van der Waals surface area contributed by atoms with Gasteiger partial charge in [0.2, 0.25) is 5.15 Å². The van der Waals surface area contributed by atoms with Gasteiger partial charge in [-0.05, 0) is 17.2 Å². The number of fused-ring (bicyclic) bond motifs is 1. The van der Waals surface area contributed by atoms with Crippen LogP contribution < -0.4 is 5.32 Å². The van der Waals surface area contributed by atoms with Crippen molar-refractivity contribution in [2.45, 2.75) is 13.1 Å². The molecule has 0 saturated carbocycles. The number of hydrogen-bond acceptors (Lipinski definition) is 6. The van der Waals surface area contributed by atoms with Crippen molar-refractivity contribution in [2.75, 3.05) is 31.6 Å². The molecule has 8 heteroatoms. The van der Waals surface area contributed by atoms with Crippen LogP contribution in [0, 0.1) is 10.1 Å². The molecule has 2 heterocycles. The van der Waals surface area contributed by atoms with Crippen molar-refractivity contribution in [3.05, 3.63) is 74.9 Å². The molecular weight excluding hydrogens is 392 g/mol. The number of pyridine rings is 1. The number of benzene rings is 2. The van der Waals surface area contributed by atoms with E-state index in [1.165, 1.54) is 5.56 Å². The van der Waals surface area contributed by atoms with E-state index in [9.17, 15) is 10.1 Å². The second-order valence-corrected chi connectivity index (χ2v) is 7.32. The molecule has 2 aromatic carbocycles. The lowest BCUT2D eigenvalue weighted by Gasteiger charge is -2.26. The maximum atomic E-state index is 11.6. The smallest absolute Gasteiger partial charge is 0.329 e. The van der Waals surface area contributed by atoms with E-state index in [0.29, 0.717) is 23.1 Å². The van der Waals surface area contributed by atoms with Crippen LogP contribution in [0.5, 0.6) is 0 Å². The summed E-state index contributed by atoms with van der Waals surface area (Å²) in [5.74, 6) is 0. The highest BCUT2D eigenvalue weighted by atomic mass is 35.5. The van der Waals surface area contributed by atoms with E-state index in [1.807, 2.05) is 30.3 Å². The molecule has 0 bridgehead atoms. The van der Waals surface area contributed by atoms with Crippen LogP contribution in [-0.2, 0) is 17.8 Å². The number of nitro groups is 1. The number of nitrogens with zero attached hydrogens (tertiary/aromatic N) is 3. The number of morpholine rings is 1. The van der Waals surface area contributed by atoms with Crippen molar-refractivity contribution in [3.8, 4) is 0 Å². The highest BCUT2D eigenvalue weighted by Gasteiger charge is 2.23. The lowest BCUT2D eigenvalue weighted by molar-refractivity contribution is -0.384. The average Bonchev–Trinajstić information content (AvgIpc) is 2.72. The van der Waals surface area contributed by atoms with Gasteiger partial charge in [0.25, 0.3) is 0 Å². The summed E-state index contributed by atoms with van der Waals surface area (Å²) in [6.45, 7) is 4.69. The van der Waals surface area contributed by atoms with Gasteiger partial charge in [0.05, 0.1) is 23.7 Å². The first-order valence-corrected chi connectivity index (χ1v) is 9.84. The second kappa shape index (κ2) is 8.73. The molecule has 0 radical (unpaired) electrons. The summed E-state index contributed by atoms with van der Waals surface area (Å²) in [6, 6.07) is 15.5. The van der Waals surface area contributed by atoms with Crippen molar-refractivity contribution in [2.24, 2.45) is 0 Å². The molecule has 3 aromatic rings. The van der Waals surface area contributed by atoms with Crippen molar-refractivity contribution in [3.63, 3.8) is 0 Å². The van der Waals surface area contributed by atoms with Crippen molar-refractivity contribution < 1.29 is 9.66 Å². The van der Waals surface area contributed by atoms with Gasteiger partial charge in [-0.2, -0.15) is 0 Å². The lowest BCUT2D eigenvalue weighted by atomic mass is 10.1. The fourth-order valence-electron chi connectivity index (χ4n) is 3.56. The number of anilines is 1. The largest absolute Gasteiger partial charge is 0.379 e. The average molecular weight is 413 g/mol. The Balaban J connectivity index is 1.57. The minimum absolute atomic E-state index is 0.114. The molecule has 0 atom stereocenters. The summed E-state index contributed by atoms with van der Waals surface area (Å²) in [4.78, 5) is 17.6. The van der Waals surface area contributed by atoms with E-state index in [4.69, 9.17) is 16.3 Å². The molecule has 7 nitrogen and oxygen atoms in total. The first-order chi connectivity index (χ1) is 14.1. The van der Waals surface area contributed by atoms with Crippen LogP contribution in [0.4, 0.5) is 11.4 Å². The van der Waals surface area contributed by atoms with Crippen LogP contribution in [0.3, 0.4) is 0 Å². The predicted octanol–water partition coefficient (Wildman–Crippen LogP) is 4.24. The van der Waals surface area contributed by atoms with Gasteiger partial charge < -0.3 is 10.1 Å². The summed E-state index contributed by atoms with van der Waals surface area (Å²) in [5, 5.41) is 15.4. The van der Waals surface area contributed by atoms with Crippen LogP contribution in [-0.4, -0.2) is 41.1 Å². The van der Waals surface area contributed by atoms with Gasteiger partial charge in [0.15, 0.2) is 0 Å². The topological polar surface area (TPSA) is 80.5 Å². The molecule has 0 aliphatic carbocycles. The van der Waals surface area contributed by atoms with Crippen molar-refractivity contribution in [1.29, 1.82) is 0 Å². The molecular formula is C21H21ClN4O3. The lowest BCUT2D eigenvalue weighted by Crippen LogP contribution is -2.35. The monoisotopic (exact) mass is 412 g/mol. The van der Waals surface area contributed by atoms with Crippen LogP contribution in [0.25, 0.3) is 10.9 Å². The number of halogens is 1. The Morgan fingerprint density at radius 3 is 2.69 bits per heavy atom. The number of aromatic nitrogens is 1. The Morgan fingerprint density at radius 1 is 1.14 bits per heavy atom. The van der Waals surface area contributed by atoms with E-state index in [2.05, 4.69) is 27.3 Å². The number of para-hydroxylation sites is 1. The summed E-state index contributed by atoms with van der Waals surface area (Å²) in [6.07, 6.45) is 0. The normalized spacial score (nSPS) is 14.8. The highest BCUT2D eigenvalue weighted by Crippen LogP contribution is 2.37. The SMILES string of the molecule is O=[N+]([O-])c1c(Cl)nc2ccccc2c1NCc1cccc(CN2CCOCC2)c1. The zero-order valence-corrected chi connectivity index (χ0v) is 16.6. The third-order valence-electron chi connectivity index (χ3n) is 4.98. The third-order valence-corrected chi connectivity index (χ3v) is 5.24. The standard InChI is InChI=1S/C21H21ClN4O3/c22-21-20(26(27)28)19(17-6-1-2-7-18(17)24-21)23-13-15-4-3-5-16(12-15)14-25-8-10-29-11-9-25/h1-7,12H,8-11,13-14H2,(H,23,24). The van der Waals surface area contributed by atoms with Gasteiger partial charge in [0.1, 0.15) is 5.69 Å². The predicted molar refractivity (Wildman–Crippen MR) is 113 cm³/mol. The quantitative estimate of drug-likeness (QED) is 0.370. The van der Waals surface area contributed by atoms with E-state index in [1.54, 1.807) is 6.07 Å². The van der Waals surface area contributed by atoms with Crippen LogP contribution in [0.15, 0.2) is 48.5 Å². The molecule has 1 fully saturated rings. The van der Waals surface area contributed by atoms with Crippen LogP contribution in [0.1, 0.15) is 11.1 Å². The van der Waals surface area contributed by atoms with E-state index >= 15 is 0 Å². The highest BCUT2D eigenvalue weighted by molar-refractivity contribution is 6.33. The summed E-state index contributed by atoms with van der Waals surface area (Å²) in [7, 11) is 0. The Morgan fingerprint density at radius 2 is 1.90 bits per heavy atom. The number of ether oxygens (including phenoxy) is 1. The summed E-state index contributed by atoms with van der Waals surface area (Å²) in [5.41, 5.74) is 3.06. The van der Waals surface area contributed by atoms with Gasteiger partial charge in [-0.1, -0.05) is 54.1 Å². The van der Waals surface area contributed by atoms with Gasteiger partial charge >= 0.3 is 5.69 Å². The fraction of sp³-hybridized carbons (Fsp3) is 0.286. The molecule has 4 rings (SSSR count). The minimum Gasteiger partial charge on any atom is -0.379 e. The minimum atomic E-state index is -0.487. The van der Waals surface area contributed by atoms with Crippen molar-refractivity contribution >= 4 is 33.9 Å². The summed E-state index contributed by atoms with van der Waals surface area (Å²) >= 11 is 6.11. The molecule has 150 valence electrons. The Labute approximate surface area is 173 Å². The molecule has 1 aromatic heterocycles. The molecule has 29 heavy (non-hydrogen) atoms. The van der Waals surface area contributed by atoms with Gasteiger partial charge in [-0.15, -0.1) is 0 Å². The Kier molecular flexibility index (Phi) is 5.89. The maximum absolute atomic E-state index is 11.6. The van der Waals surface area contributed by atoms with E-state index < -0.39 is 4.92 Å². The summed E-state index contributed by atoms with van der Waals surface area (Å²) < 4.78 is 5.40. The number of rotatable bonds is 6. The number of hydrogen-bond donors (Lipinski definition) is 1. The first-order valence-electron chi connectivity index (χ1n) is 9.46.